The van der Waals surface area contributed by atoms with Gasteiger partial charge in [0.2, 0.25) is 6.10 Å². The van der Waals surface area contributed by atoms with Crippen molar-refractivity contribution in [3.8, 4) is 23.0 Å². The predicted molar refractivity (Wildman–Crippen MR) is 105 cm³/mol. The number of carbonyl (C=O) groups excluding carboxylic acids is 3. The number of methoxy groups -OCH3 is 1. The summed E-state index contributed by atoms with van der Waals surface area (Å²) in [7, 11) is 1.23. The largest absolute Gasteiger partial charge is 0.493 e. The third-order valence-corrected chi connectivity index (χ3v) is 4.18. The number of alkyl halides is 2. The third-order valence-electron chi connectivity index (χ3n) is 4.18. The lowest BCUT2D eigenvalue weighted by molar-refractivity contribution is -0.134. The quantitative estimate of drug-likeness (QED) is 0.537. The fourth-order valence-electron chi connectivity index (χ4n) is 2.67. The summed E-state index contributed by atoms with van der Waals surface area (Å²) >= 11 is 0. The van der Waals surface area contributed by atoms with Crippen molar-refractivity contribution >= 4 is 17.7 Å². The van der Waals surface area contributed by atoms with Crippen molar-refractivity contribution in [2.75, 3.05) is 20.3 Å². The maximum atomic E-state index is 12.4. The van der Waals surface area contributed by atoms with E-state index in [1.807, 2.05) is 0 Å². The van der Waals surface area contributed by atoms with Crippen LogP contribution in [0.3, 0.4) is 0 Å². The monoisotopic (exact) mass is 451 g/mol. The molecule has 32 heavy (non-hydrogen) atoms. The Morgan fingerprint density at radius 1 is 1.09 bits per heavy atom. The molecule has 2 aromatic rings. The molecule has 3 rings (SSSR count). The first-order valence-electron chi connectivity index (χ1n) is 9.25. The molecule has 1 heterocycles. The van der Waals surface area contributed by atoms with E-state index in [2.05, 4.69) is 20.9 Å². The van der Waals surface area contributed by atoms with Crippen molar-refractivity contribution in [1.29, 1.82) is 0 Å². The van der Waals surface area contributed by atoms with Gasteiger partial charge in [0, 0.05) is 5.56 Å². The lowest BCUT2D eigenvalue weighted by Gasteiger charge is -2.25. The molecular formula is C20H19F2N3O7. The van der Waals surface area contributed by atoms with Crippen LogP contribution >= 0.6 is 0 Å². The molecule has 0 radical (unpaired) electrons. The number of nitrogens with one attached hydrogen (secondary N) is 3. The second kappa shape index (κ2) is 10.3. The van der Waals surface area contributed by atoms with Gasteiger partial charge in [-0.25, -0.2) is 0 Å². The van der Waals surface area contributed by atoms with Gasteiger partial charge in [0.15, 0.2) is 23.0 Å². The number of hydrogen-bond donors (Lipinski definition) is 3. The summed E-state index contributed by atoms with van der Waals surface area (Å²) in [5.74, 6) is -1.44. The van der Waals surface area contributed by atoms with E-state index in [0.717, 1.165) is 6.07 Å². The first-order valence-corrected chi connectivity index (χ1v) is 9.25. The number of halogens is 2. The van der Waals surface area contributed by atoms with Gasteiger partial charge in [0.05, 0.1) is 13.7 Å². The van der Waals surface area contributed by atoms with E-state index in [1.165, 1.54) is 19.2 Å². The van der Waals surface area contributed by atoms with Crippen molar-refractivity contribution in [2.24, 2.45) is 0 Å². The Labute approximate surface area is 180 Å². The minimum Gasteiger partial charge on any atom is -0.493 e. The third kappa shape index (κ3) is 5.74. The Kier molecular flexibility index (Phi) is 7.26. The van der Waals surface area contributed by atoms with Gasteiger partial charge in [-0.15, -0.1) is 0 Å². The minimum atomic E-state index is -3.05. The van der Waals surface area contributed by atoms with Crippen LogP contribution in [0.1, 0.15) is 10.4 Å². The second-order valence-electron chi connectivity index (χ2n) is 6.33. The minimum absolute atomic E-state index is 0.0391. The highest BCUT2D eigenvalue weighted by Crippen LogP contribution is 2.31. The Morgan fingerprint density at radius 2 is 1.84 bits per heavy atom. The van der Waals surface area contributed by atoms with Crippen molar-refractivity contribution in [1.82, 2.24) is 16.2 Å². The van der Waals surface area contributed by atoms with Crippen LogP contribution in [0.2, 0.25) is 0 Å². The zero-order chi connectivity index (χ0) is 23.1. The van der Waals surface area contributed by atoms with Crippen LogP contribution in [0.5, 0.6) is 23.0 Å². The highest BCUT2D eigenvalue weighted by molar-refractivity contribution is 5.97. The van der Waals surface area contributed by atoms with E-state index >= 15 is 0 Å². The molecule has 1 unspecified atom stereocenters. The number of ether oxygens (including phenoxy) is 4. The van der Waals surface area contributed by atoms with Crippen molar-refractivity contribution in [3.05, 3.63) is 48.0 Å². The van der Waals surface area contributed by atoms with Crippen LogP contribution < -0.4 is 35.1 Å². The molecule has 10 nitrogen and oxygen atoms in total. The molecule has 1 atom stereocenters. The average molecular weight is 451 g/mol. The molecule has 0 saturated carbocycles. The molecule has 0 bridgehead atoms. The molecule has 2 aromatic carbocycles. The molecule has 12 heteroatoms. The van der Waals surface area contributed by atoms with Crippen LogP contribution in [0.15, 0.2) is 42.5 Å². The Morgan fingerprint density at radius 3 is 2.56 bits per heavy atom. The van der Waals surface area contributed by atoms with Gasteiger partial charge in [-0.2, -0.15) is 8.78 Å². The first-order chi connectivity index (χ1) is 15.4. The molecule has 170 valence electrons. The molecule has 3 amide bonds. The van der Waals surface area contributed by atoms with Crippen molar-refractivity contribution in [3.63, 3.8) is 0 Å². The smallest absolute Gasteiger partial charge is 0.387 e. The predicted octanol–water partition coefficient (Wildman–Crippen LogP) is 1.01. The van der Waals surface area contributed by atoms with Gasteiger partial charge >= 0.3 is 6.61 Å². The van der Waals surface area contributed by atoms with Gasteiger partial charge in [0.25, 0.3) is 17.7 Å². The summed E-state index contributed by atoms with van der Waals surface area (Å²) in [6, 6.07) is 10.4. The van der Waals surface area contributed by atoms with Crippen LogP contribution in [0.25, 0.3) is 0 Å². The molecule has 0 fully saturated rings. The van der Waals surface area contributed by atoms with E-state index in [1.54, 1.807) is 24.3 Å². The summed E-state index contributed by atoms with van der Waals surface area (Å²) in [6.45, 7) is -3.56. The molecule has 0 spiro atoms. The maximum absolute atomic E-state index is 12.4. The normalized spacial score (nSPS) is 14.3. The Hall–Kier alpha value is -4.09. The molecule has 1 aliphatic heterocycles. The van der Waals surface area contributed by atoms with E-state index in [9.17, 15) is 23.2 Å². The number of carbonyl (C=O) groups is 3. The van der Waals surface area contributed by atoms with Gasteiger partial charge in [0.1, 0.15) is 6.61 Å². The molecule has 1 aliphatic rings. The summed E-state index contributed by atoms with van der Waals surface area (Å²) in [6.07, 6.45) is -0.971. The molecule has 3 N–H and O–H groups in total. The van der Waals surface area contributed by atoms with E-state index in [0.29, 0.717) is 11.5 Å². The zero-order valence-electron chi connectivity index (χ0n) is 16.7. The summed E-state index contributed by atoms with van der Waals surface area (Å²) < 4.78 is 44.9. The first kappa shape index (κ1) is 22.6. The number of para-hydroxylation sites is 2. The highest BCUT2D eigenvalue weighted by atomic mass is 19.3. The van der Waals surface area contributed by atoms with Crippen LogP contribution in [0.4, 0.5) is 8.78 Å². The maximum Gasteiger partial charge on any atom is 0.387 e. The Balaban J connectivity index is 1.45. The van der Waals surface area contributed by atoms with Gasteiger partial charge in [-0.1, -0.05) is 12.1 Å². The molecule has 0 saturated heterocycles. The number of hydrogen-bond acceptors (Lipinski definition) is 7. The lowest BCUT2D eigenvalue weighted by atomic mass is 10.2. The summed E-state index contributed by atoms with van der Waals surface area (Å²) in [5, 5.41) is 2.32. The fraction of sp³-hybridized carbons (Fsp3) is 0.250. The average Bonchev–Trinajstić information content (AvgIpc) is 2.80. The summed E-state index contributed by atoms with van der Waals surface area (Å²) in [4.78, 5) is 36.3. The van der Waals surface area contributed by atoms with Gasteiger partial charge in [-0.05, 0) is 30.3 Å². The molecule has 0 aromatic heterocycles. The number of hydrazine groups is 1. The highest BCUT2D eigenvalue weighted by Gasteiger charge is 2.27. The number of fused-ring (bicyclic) bond motifs is 1. The van der Waals surface area contributed by atoms with Crippen molar-refractivity contribution in [2.45, 2.75) is 12.7 Å². The number of rotatable bonds is 7. The van der Waals surface area contributed by atoms with Gasteiger partial charge in [-0.3, -0.25) is 25.2 Å². The second-order valence-corrected chi connectivity index (χ2v) is 6.33. The number of benzene rings is 2. The van der Waals surface area contributed by atoms with E-state index in [-0.39, 0.29) is 23.7 Å². The summed E-state index contributed by atoms with van der Waals surface area (Å²) in [5.41, 5.74) is 4.38. The van der Waals surface area contributed by atoms with Crippen molar-refractivity contribution < 1.29 is 42.1 Å². The van der Waals surface area contributed by atoms with Gasteiger partial charge < -0.3 is 24.3 Å². The standard InChI is InChI=1S/C20H19F2N3O7/c1-29-15-8-11(6-7-14(15)32-20(21)22)18(27)23-9-17(26)24-25-19(28)16-10-30-12-4-2-3-5-13(12)31-16/h2-8,16,20H,9-10H2,1H3,(H,23,27)(H,24,26)(H,25,28). The fourth-order valence-corrected chi connectivity index (χ4v) is 2.67. The molecule has 0 aliphatic carbocycles. The molecular weight excluding hydrogens is 432 g/mol. The van der Waals surface area contributed by atoms with Crippen LogP contribution in [-0.4, -0.2) is 50.7 Å². The topological polar surface area (TPSA) is 124 Å². The van der Waals surface area contributed by atoms with E-state index in [4.69, 9.17) is 14.2 Å². The SMILES string of the molecule is COc1cc(C(=O)NCC(=O)NNC(=O)C2COc3ccccc3O2)ccc1OC(F)F. The zero-order valence-corrected chi connectivity index (χ0v) is 16.7. The van der Waals surface area contributed by atoms with E-state index < -0.39 is 37.0 Å². The van der Waals surface area contributed by atoms with Crippen LogP contribution in [-0.2, 0) is 9.59 Å². The number of amides is 3. The Bertz CT molecular complexity index is 1000. The lowest BCUT2D eigenvalue weighted by Crippen LogP contribution is -2.52. The van der Waals surface area contributed by atoms with Crippen LogP contribution in [0, 0.1) is 0 Å².